The summed E-state index contributed by atoms with van der Waals surface area (Å²) in [5.74, 6) is 0. The minimum atomic E-state index is 0.572. The summed E-state index contributed by atoms with van der Waals surface area (Å²) >= 11 is 1.68. The Labute approximate surface area is 101 Å². The Morgan fingerprint density at radius 3 is 2.94 bits per heavy atom. The molecule has 6 heteroatoms. The number of anilines is 2. The Morgan fingerprint density at radius 2 is 2.12 bits per heavy atom. The molecule has 1 aromatic carbocycles. The van der Waals surface area contributed by atoms with E-state index >= 15 is 0 Å². The molecule has 0 aliphatic rings. The number of benzene rings is 1. The minimum Gasteiger partial charge on any atom is -0.397 e. The van der Waals surface area contributed by atoms with Crippen LogP contribution in [0.3, 0.4) is 0 Å². The van der Waals surface area contributed by atoms with E-state index in [4.69, 9.17) is 10.4 Å². The number of rotatable bonds is 3. The Kier molecular flexibility index (Phi) is 2.41. The van der Waals surface area contributed by atoms with Crippen molar-refractivity contribution < 1.29 is 4.63 Å². The lowest BCUT2D eigenvalue weighted by molar-refractivity contribution is 0.316. The second-order valence-electron chi connectivity index (χ2n) is 3.65. The normalized spacial score (nSPS) is 10.8. The van der Waals surface area contributed by atoms with Crippen molar-refractivity contribution in [2.45, 2.75) is 6.54 Å². The highest BCUT2D eigenvalue weighted by Crippen LogP contribution is 2.25. The van der Waals surface area contributed by atoms with Crippen molar-refractivity contribution in [3.05, 3.63) is 34.5 Å². The standard InChI is InChI=1S/C11H10N4OS/c12-8-1-2-9(11-10(8)14-16-15-11)13-5-7-3-4-17-6-7/h1-4,6,13H,5,12H2. The van der Waals surface area contributed by atoms with Crippen molar-refractivity contribution in [2.24, 2.45) is 0 Å². The van der Waals surface area contributed by atoms with E-state index in [0.717, 1.165) is 12.2 Å². The number of fused-ring (bicyclic) bond motifs is 1. The second kappa shape index (κ2) is 4.06. The first-order valence-corrected chi connectivity index (χ1v) is 6.04. The molecule has 0 atom stereocenters. The van der Waals surface area contributed by atoms with E-state index in [9.17, 15) is 0 Å². The molecule has 0 unspecified atom stereocenters. The first-order valence-electron chi connectivity index (χ1n) is 5.10. The zero-order valence-electron chi connectivity index (χ0n) is 8.88. The van der Waals surface area contributed by atoms with E-state index in [1.807, 2.05) is 11.4 Å². The lowest BCUT2D eigenvalue weighted by atomic mass is 10.2. The van der Waals surface area contributed by atoms with Crippen molar-refractivity contribution in [1.82, 2.24) is 10.3 Å². The van der Waals surface area contributed by atoms with Gasteiger partial charge in [-0.05, 0) is 44.8 Å². The number of thiophene rings is 1. The molecule has 0 saturated carbocycles. The van der Waals surface area contributed by atoms with Crippen LogP contribution < -0.4 is 11.1 Å². The fraction of sp³-hybridized carbons (Fsp3) is 0.0909. The molecule has 3 N–H and O–H groups in total. The Balaban J connectivity index is 1.90. The maximum Gasteiger partial charge on any atom is 0.160 e. The smallest absolute Gasteiger partial charge is 0.160 e. The molecular weight excluding hydrogens is 236 g/mol. The van der Waals surface area contributed by atoms with Gasteiger partial charge in [0.2, 0.25) is 0 Å². The number of nitrogens with zero attached hydrogens (tertiary/aromatic N) is 2. The van der Waals surface area contributed by atoms with Crippen LogP contribution in [0.4, 0.5) is 11.4 Å². The van der Waals surface area contributed by atoms with Crippen LogP contribution >= 0.6 is 11.3 Å². The van der Waals surface area contributed by atoms with E-state index in [2.05, 4.69) is 27.1 Å². The van der Waals surface area contributed by atoms with Crippen LogP contribution in [-0.4, -0.2) is 10.3 Å². The van der Waals surface area contributed by atoms with Crippen molar-refractivity contribution in [1.29, 1.82) is 0 Å². The molecule has 3 aromatic rings. The van der Waals surface area contributed by atoms with Crippen LogP contribution in [0.5, 0.6) is 0 Å². The van der Waals surface area contributed by atoms with Crippen LogP contribution in [0.2, 0.25) is 0 Å². The zero-order chi connectivity index (χ0) is 11.7. The summed E-state index contributed by atoms with van der Waals surface area (Å²) in [6.07, 6.45) is 0. The Hall–Kier alpha value is -2.08. The van der Waals surface area contributed by atoms with Gasteiger partial charge in [-0.3, -0.25) is 0 Å². The maximum absolute atomic E-state index is 5.77. The van der Waals surface area contributed by atoms with Gasteiger partial charge in [0, 0.05) is 6.54 Å². The largest absolute Gasteiger partial charge is 0.397 e. The number of nitrogens with two attached hydrogens (primary N) is 1. The zero-order valence-corrected chi connectivity index (χ0v) is 9.70. The maximum atomic E-state index is 5.77. The molecule has 2 heterocycles. The average Bonchev–Trinajstić information content (AvgIpc) is 2.99. The monoisotopic (exact) mass is 246 g/mol. The van der Waals surface area contributed by atoms with Gasteiger partial charge in [0.15, 0.2) is 11.0 Å². The van der Waals surface area contributed by atoms with Gasteiger partial charge in [0.1, 0.15) is 0 Å². The van der Waals surface area contributed by atoms with Crippen molar-refractivity contribution in [3.8, 4) is 0 Å². The number of aromatic nitrogens is 2. The third-order valence-electron chi connectivity index (χ3n) is 2.51. The third-order valence-corrected chi connectivity index (χ3v) is 3.24. The molecule has 0 saturated heterocycles. The fourth-order valence-electron chi connectivity index (χ4n) is 1.62. The van der Waals surface area contributed by atoms with Crippen LogP contribution in [-0.2, 0) is 6.54 Å². The summed E-state index contributed by atoms with van der Waals surface area (Å²) in [7, 11) is 0. The highest BCUT2D eigenvalue weighted by atomic mass is 32.1. The van der Waals surface area contributed by atoms with Crippen LogP contribution in [0.15, 0.2) is 33.6 Å². The van der Waals surface area contributed by atoms with E-state index in [0.29, 0.717) is 16.7 Å². The summed E-state index contributed by atoms with van der Waals surface area (Å²) in [6.45, 7) is 0.745. The molecule has 0 aliphatic heterocycles. The number of hydrogen-bond donors (Lipinski definition) is 2. The molecule has 2 aromatic heterocycles. The Morgan fingerprint density at radius 1 is 1.24 bits per heavy atom. The van der Waals surface area contributed by atoms with Crippen LogP contribution in [0.1, 0.15) is 5.56 Å². The molecular formula is C11H10N4OS. The average molecular weight is 246 g/mol. The fourth-order valence-corrected chi connectivity index (χ4v) is 2.29. The lowest BCUT2D eigenvalue weighted by Crippen LogP contribution is -1.99. The molecule has 0 radical (unpaired) electrons. The van der Waals surface area contributed by atoms with Crippen molar-refractivity contribution in [3.63, 3.8) is 0 Å². The third kappa shape index (κ3) is 1.83. The van der Waals surface area contributed by atoms with Gasteiger partial charge in [0.05, 0.1) is 11.4 Å². The van der Waals surface area contributed by atoms with Gasteiger partial charge in [-0.15, -0.1) is 0 Å². The summed E-state index contributed by atoms with van der Waals surface area (Å²) in [5.41, 5.74) is 9.72. The highest BCUT2D eigenvalue weighted by molar-refractivity contribution is 7.07. The van der Waals surface area contributed by atoms with Gasteiger partial charge < -0.3 is 11.1 Å². The molecule has 0 amide bonds. The van der Waals surface area contributed by atoms with Crippen LogP contribution in [0.25, 0.3) is 11.0 Å². The predicted molar refractivity (Wildman–Crippen MR) is 67.9 cm³/mol. The van der Waals surface area contributed by atoms with E-state index in [-0.39, 0.29) is 0 Å². The molecule has 5 nitrogen and oxygen atoms in total. The minimum absolute atomic E-state index is 0.572. The first kappa shape index (κ1) is 10.1. The van der Waals surface area contributed by atoms with E-state index in [1.165, 1.54) is 5.56 Å². The molecule has 0 aliphatic carbocycles. The van der Waals surface area contributed by atoms with Gasteiger partial charge in [0.25, 0.3) is 0 Å². The van der Waals surface area contributed by atoms with Gasteiger partial charge in [-0.25, -0.2) is 4.63 Å². The van der Waals surface area contributed by atoms with Crippen molar-refractivity contribution in [2.75, 3.05) is 11.1 Å². The van der Waals surface area contributed by atoms with Gasteiger partial charge in [-0.2, -0.15) is 11.3 Å². The van der Waals surface area contributed by atoms with E-state index < -0.39 is 0 Å². The number of hydrogen-bond acceptors (Lipinski definition) is 6. The SMILES string of the molecule is Nc1ccc(NCc2ccsc2)c2nonc12. The molecule has 3 rings (SSSR count). The summed E-state index contributed by atoms with van der Waals surface area (Å²) in [5, 5.41) is 15.1. The van der Waals surface area contributed by atoms with Gasteiger partial charge >= 0.3 is 0 Å². The summed E-state index contributed by atoms with van der Waals surface area (Å²) in [4.78, 5) is 0. The predicted octanol–water partition coefficient (Wildman–Crippen LogP) is 2.48. The number of nitrogens with one attached hydrogen (secondary N) is 1. The topological polar surface area (TPSA) is 77.0 Å². The molecule has 17 heavy (non-hydrogen) atoms. The molecule has 0 spiro atoms. The molecule has 0 fully saturated rings. The van der Waals surface area contributed by atoms with E-state index in [1.54, 1.807) is 17.4 Å². The van der Waals surface area contributed by atoms with Gasteiger partial charge in [-0.1, -0.05) is 0 Å². The number of nitrogen functional groups attached to an aromatic ring is 1. The highest BCUT2D eigenvalue weighted by Gasteiger charge is 2.09. The molecule has 0 bridgehead atoms. The summed E-state index contributed by atoms with van der Waals surface area (Å²) in [6, 6.07) is 5.75. The second-order valence-corrected chi connectivity index (χ2v) is 4.43. The van der Waals surface area contributed by atoms with Crippen molar-refractivity contribution >= 4 is 33.7 Å². The lowest BCUT2D eigenvalue weighted by Gasteiger charge is -2.05. The molecule has 86 valence electrons. The summed E-state index contributed by atoms with van der Waals surface area (Å²) < 4.78 is 4.71. The van der Waals surface area contributed by atoms with Crippen LogP contribution in [0, 0.1) is 0 Å². The first-order chi connectivity index (χ1) is 8.34. The Bertz CT molecular complexity index is 632. The quantitative estimate of drug-likeness (QED) is 0.694.